The number of esters is 1. The van der Waals surface area contributed by atoms with E-state index in [1.807, 2.05) is 0 Å². The maximum Gasteiger partial charge on any atom is 0.350 e. The summed E-state index contributed by atoms with van der Waals surface area (Å²) in [5.41, 5.74) is 0.823. The summed E-state index contributed by atoms with van der Waals surface area (Å²) in [6.07, 6.45) is 3.02. The number of aliphatic hydroxyl groups excluding tert-OH is 1. The van der Waals surface area contributed by atoms with E-state index >= 15 is 0 Å². The van der Waals surface area contributed by atoms with Crippen molar-refractivity contribution in [2.24, 2.45) is 0 Å². The Morgan fingerprint density at radius 2 is 1.79 bits per heavy atom. The Hall–Kier alpha value is -3.92. The molecule has 39 heavy (non-hydrogen) atoms. The average Bonchev–Trinajstić information content (AvgIpc) is 3.44. The Morgan fingerprint density at radius 1 is 1.10 bits per heavy atom. The molecule has 2 aromatic carbocycles. The van der Waals surface area contributed by atoms with Crippen LogP contribution >= 0.6 is 34.5 Å². The van der Waals surface area contributed by atoms with Crippen LogP contribution in [0.2, 0.25) is 10.0 Å². The predicted octanol–water partition coefficient (Wildman–Crippen LogP) is 6.29. The van der Waals surface area contributed by atoms with Gasteiger partial charge < -0.3 is 14.6 Å². The third-order valence-electron chi connectivity index (χ3n) is 5.71. The van der Waals surface area contributed by atoms with E-state index in [-0.39, 0.29) is 37.8 Å². The summed E-state index contributed by atoms with van der Waals surface area (Å²) >= 11 is 13.3. The second-order valence-electron chi connectivity index (χ2n) is 8.26. The fourth-order valence-electron chi connectivity index (χ4n) is 3.92. The maximum atomic E-state index is 13.4. The zero-order valence-electron chi connectivity index (χ0n) is 20.6. The number of ketones is 1. The average molecular weight is 585 g/mol. The molecule has 11 heteroatoms. The molecule has 1 aliphatic rings. The van der Waals surface area contributed by atoms with Crippen molar-refractivity contribution in [3.8, 4) is 5.75 Å². The lowest BCUT2D eigenvalue weighted by Crippen LogP contribution is -2.29. The summed E-state index contributed by atoms with van der Waals surface area (Å²) < 4.78 is 10.6. The number of halogens is 2. The van der Waals surface area contributed by atoms with Gasteiger partial charge in [-0.25, -0.2) is 9.78 Å². The number of thiazole rings is 1. The maximum absolute atomic E-state index is 13.4. The third-order valence-corrected chi connectivity index (χ3v) is 7.58. The van der Waals surface area contributed by atoms with Gasteiger partial charge in [0.15, 0.2) is 5.13 Å². The molecule has 0 bridgehead atoms. The minimum absolute atomic E-state index is 0.00326. The number of aryl methyl sites for hydroxylation is 1. The Labute approximate surface area is 238 Å². The van der Waals surface area contributed by atoms with Gasteiger partial charge in [-0.15, -0.1) is 0 Å². The molecule has 0 radical (unpaired) electrons. The van der Waals surface area contributed by atoms with Gasteiger partial charge in [0.05, 0.1) is 27.4 Å². The Morgan fingerprint density at radius 3 is 2.44 bits per heavy atom. The molecule has 0 saturated carbocycles. The highest BCUT2D eigenvalue weighted by Crippen LogP contribution is 2.45. The molecular formula is C28H22Cl2N2O6S. The number of anilines is 1. The highest BCUT2D eigenvalue weighted by atomic mass is 35.5. The number of amides is 1. The standard InChI is InChI=1S/C28H22Cl2N2O6S/c1-4-12-37-18-9-6-16(7-10-18)23(33)21-22(17-8-11-19(29)20(30)14-17)32(26(35)24(21)34)28-31-15(3)25(39-28)27(36)38-13-5-2/h4-11,14,22,33H,1-2,12-13H2,3H3/b23-21+. The van der Waals surface area contributed by atoms with Gasteiger partial charge in [0.1, 0.15) is 29.6 Å². The predicted molar refractivity (Wildman–Crippen MR) is 151 cm³/mol. The van der Waals surface area contributed by atoms with Crippen LogP contribution in [0.4, 0.5) is 5.13 Å². The van der Waals surface area contributed by atoms with Gasteiger partial charge in [-0.05, 0) is 48.9 Å². The van der Waals surface area contributed by atoms with Crippen LogP contribution in [-0.4, -0.2) is 41.0 Å². The smallest absolute Gasteiger partial charge is 0.350 e. The van der Waals surface area contributed by atoms with E-state index in [9.17, 15) is 19.5 Å². The van der Waals surface area contributed by atoms with Gasteiger partial charge >= 0.3 is 11.9 Å². The number of carbonyl (C=O) groups is 3. The molecule has 4 rings (SSSR count). The monoisotopic (exact) mass is 584 g/mol. The lowest BCUT2D eigenvalue weighted by Gasteiger charge is -2.23. The van der Waals surface area contributed by atoms with Crippen molar-refractivity contribution in [3.63, 3.8) is 0 Å². The van der Waals surface area contributed by atoms with E-state index in [0.29, 0.717) is 23.6 Å². The molecule has 1 fully saturated rings. The molecule has 8 nitrogen and oxygen atoms in total. The van der Waals surface area contributed by atoms with Gasteiger partial charge in [0, 0.05) is 5.56 Å². The van der Waals surface area contributed by atoms with Gasteiger partial charge in [-0.2, -0.15) is 0 Å². The van der Waals surface area contributed by atoms with Gasteiger partial charge in [-0.1, -0.05) is 65.9 Å². The Bertz CT molecular complexity index is 1510. The van der Waals surface area contributed by atoms with Crippen molar-refractivity contribution in [2.75, 3.05) is 18.1 Å². The largest absolute Gasteiger partial charge is 0.507 e. The van der Waals surface area contributed by atoms with Crippen LogP contribution in [0.5, 0.6) is 5.75 Å². The van der Waals surface area contributed by atoms with Crippen LogP contribution in [0.25, 0.3) is 5.76 Å². The molecule has 200 valence electrons. The first-order chi connectivity index (χ1) is 18.7. The number of aromatic nitrogens is 1. The molecule has 0 spiro atoms. The number of aliphatic hydroxyl groups is 1. The topological polar surface area (TPSA) is 106 Å². The van der Waals surface area contributed by atoms with E-state index in [1.165, 1.54) is 18.2 Å². The second kappa shape index (κ2) is 11.9. The number of carbonyl (C=O) groups excluding carboxylic acids is 3. The number of benzene rings is 2. The number of ether oxygens (including phenoxy) is 2. The number of rotatable bonds is 9. The van der Waals surface area contributed by atoms with Crippen molar-refractivity contribution in [2.45, 2.75) is 13.0 Å². The number of Topliss-reactive ketones (excluding diaryl/α,β-unsaturated/α-hetero) is 1. The number of nitrogens with zero attached hydrogens (tertiary/aromatic N) is 2. The van der Waals surface area contributed by atoms with Crippen LogP contribution in [-0.2, 0) is 14.3 Å². The van der Waals surface area contributed by atoms with Crippen LogP contribution in [0.3, 0.4) is 0 Å². The minimum Gasteiger partial charge on any atom is -0.507 e. The summed E-state index contributed by atoms with van der Waals surface area (Å²) in [4.78, 5) is 45.0. The second-order valence-corrected chi connectivity index (χ2v) is 10.1. The minimum atomic E-state index is -1.11. The fourth-order valence-corrected chi connectivity index (χ4v) is 5.22. The van der Waals surface area contributed by atoms with Crippen molar-refractivity contribution in [3.05, 3.63) is 105 Å². The molecule has 1 saturated heterocycles. The first-order valence-corrected chi connectivity index (χ1v) is 13.1. The molecular weight excluding hydrogens is 563 g/mol. The quantitative estimate of drug-likeness (QED) is 0.103. The van der Waals surface area contributed by atoms with Gasteiger partial charge in [-0.3, -0.25) is 14.5 Å². The van der Waals surface area contributed by atoms with Crippen molar-refractivity contribution in [1.29, 1.82) is 0 Å². The first kappa shape index (κ1) is 28.1. The van der Waals surface area contributed by atoms with Gasteiger partial charge in [0.25, 0.3) is 5.78 Å². The van der Waals surface area contributed by atoms with E-state index in [4.69, 9.17) is 32.7 Å². The van der Waals surface area contributed by atoms with E-state index in [1.54, 1.807) is 43.3 Å². The molecule has 1 amide bonds. The Kier molecular flexibility index (Phi) is 8.54. The molecule has 2 heterocycles. The molecule has 1 aromatic heterocycles. The van der Waals surface area contributed by atoms with Crippen molar-refractivity contribution in [1.82, 2.24) is 4.98 Å². The Balaban J connectivity index is 1.85. The molecule has 1 aliphatic heterocycles. The van der Waals surface area contributed by atoms with Gasteiger partial charge in [0.2, 0.25) is 0 Å². The molecule has 0 aliphatic carbocycles. The highest BCUT2D eigenvalue weighted by molar-refractivity contribution is 7.17. The summed E-state index contributed by atoms with van der Waals surface area (Å²) in [6, 6.07) is 9.88. The number of hydrogen-bond acceptors (Lipinski definition) is 8. The first-order valence-electron chi connectivity index (χ1n) is 11.5. The lowest BCUT2D eigenvalue weighted by molar-refractivity contribution is -0.132. The zero-order valence-corrected chi connectivity index (χ0v) is 23.0. The van der Waals surface area contributed by atoms with E-state index in [2.05, 4.69) is 18.1 Å². The SMILES string of the molecule is C=CCOC(=O)c1sc(N2C(=O)C(=O)/C(=C(/O)c3ccc(OCC=C)cc3)C2c2ccc(Cl)c(Cl)c2)nc1C. The lowest BCUT2D eigenvalue weighted by atomic mass is 9.95. The molecule has 3 aromatic rings. The van der Waals surface area contributed by atoms with Crippen LogP contribution < -0.4 is 9.64 Å². The normalized spacial score (nSPS) is 16.3. The molecule has 1 N–H and O–H groups in total. The van der Waals surface area contributed by atoms with Crippen molar-refractivity contribution < 1.29 is 29.0 Å². The van der Waals surface area contributed by atoms with Crippen LogP contribution in [0.15, 0.2) is 73.3 Å². The van der Waals surface area contributed by atoms with Crippen LogP contribution in [0.1, 0.15) is 32.5 Å². The summed E-state index contributed by atoms with van der Waals surface area (Å²) in [5, 5.41) is 11.8. The van der Waals surface area contributed by atoms with Crippen molar-refractivity contribution >= 4 is 63.1 Å². The van der Waals surface area contributed by atoms with Crippen LogP contribution in [0, 0.1) is 6.92 Å². The number of hydrogen-bond donors (Lipinski definition) is 1. The molecule has 1 atom stereocenters. The third kappa shape index (κ3) is 5.61. The summed E-state index contributed by atoms with van der Waals surface area (Å²) in [7, 11) is 0. The van der Waals surface area contributed by atoms with E-state index < -0.39 is 29.5 Å². The fraction of sp³-hybridized carbons (Fsp3) is 0.143. The molecule has 1 unspecified atom stereocenters. The highest BCUT2D eigenvalue weighted by Gasteiger charge is 2.48. The zero-order chi connectivity index (χ0) is 28.3. The van der Waals surface area contributed by atoms with E-state index in [0.717, 1.165) is 16.2 Å². The summed E-state index contributed by atoms with van der Waals surface area (Å²) in [6.45, 7) is 9.00. The summed E-state index contributed by atoms with van der Waals surface area (Å²) in [5.74, 6) is -2.38.